The van der Waals surface area contributed by atoms with E-state index in [1.165, 1.54) is 4.90 Å². The number of halogens is 2. The van der Waals surface area contributed by atoms with Crippen molar-refractivity contribution in [3.63, 3.8) is 0 Å². The lowest BCUT2D eigenvalue weighted by atomic mass is 10.1. The molecule has 3 aromatic carbocycles. The number of urea groups is 1. The van der Waals surface area contributed by atoms with Crippen LogP contribution in [0.3, 0.4) is 0 Å². The molecule has 0 atom stereocenters. The number of benzene rings is 3. The quantitative estimate of drug-likeness (QED) is 0.127. The van der Waals surface area contributed by atoms with Crippen LogP contribution in [0, 0.1) is 6.92 Å². The number of carbonyl (C=O) groups is 2. The molecule has 9 nitrogen and oxygen atoms in total. The van der Waals surface area contributed by atoms with Crippen molar-refractivity contribution in [3.05, 3.63) is 93.6 Å². The molecule has 0 saturated heterocycles. The summed E-state index contributed by atoms with van der Waals surface area (Å²) in [5.41, 5.74) is 4.03. The van der Waals surface area contributed by atoms with Crippen molar-refractivity contribution in [2.24, 2.45) is 5.16 Å². The van der Waals surface area contributed by atoms with E-state index in [0.717, 1.165) is 16.6 Å². The van der Waals surface area contributed by atoms with Gasteiger partial charge in [0.1, 0.15) is 17.9 Å². The van der Waals surface area contributed by atoms with Gasteiger partial charge in [0.2, 0.25) is 5.91 Å². The number of carbonyl (C=O) groups excluding carboxylic acids is 2. The summed E-state index contributed by atoms with van der Waals surface area (Å²) >= 11 is 13.1. The van der Waals surface area contributed by atoms with Gasteiger partial charge >= 0.3 is 6.03 Å². The number of pyridine rings is 1. The summed E-state index contributed by atoms with van der Waals surface area (Å²) in [6.07, 6.45) is 0. The van der Waals surface area contributed by atoms with Crippen LogP contribution in [0.4, 0.5) is 16.2 Å². The Balaban J connectivity index is 1.42. The zero-order valence-electron chi connectivity index (χ0n) is 22.0. The molecule has 0 saturated carbocycles. The summed E-state index contributed by atoms with van der Waals surface area (Å²) in [6.45, 7) is 3.31. The van der Waals surface area contributed by atoms with Crippen molar-refractivity contribution < 1.29 is 19.5 Å². The highest BCUT2D eigenvalue weighted by atomic mass is 35.5. The monoisotopic (exact) mass is 579 g/mol. The minimum atomic E-state index is -0.576. The molecular weight excluding hydrogens is 553 g/mol. The average molecular weight is 580 g/mol. The van der Waals surface area contributed by atoms with E-state index in [0.29, 0.717) is 39.0 Å². The van der Waals surface area contributed by atoms with E-state index >= 15 is 0 Å². The molecule has 0 spiro atoms. The standard InChI is InChI=1S/C29H27Cl2N5O4/c1-17-10-11-19-6-5-9-25(28(19)33-17)40-16-22-23(30)12-13-24(27(22)31)36(3)26(37)15-32-29(38)34-21-8-4-7-20(14-21)18(2)35-39/h4-14,39H,15-16H2,1-3H3,(H2,32,34,38). The molecule has 0 aliphatic carbocycles. The molecule has 0 radical (unpaired) electrons. The predicted molar refractivity (Wildman–Crippen MR) is 158 cm³/mol. The Morgan fingerprint density at radius 3 is 2.62 bits per heavy atom. The first-order valence-corrected chi connectivity index (χ1v) is 13.0. The molecule has 0 unspecified atom stereocenters. The Kier molecular flexibility index (Phi) is 9.08. The first-order chi connectivity index (χ1) is 19.2. The fraction of sp³-hybridized carbons (Fsp3) is 0.172. The fourth-order valence-corrected chi connectivity index (χ4v) is 4.53. The summed E-state index contributed by atoms with van der Waals surface area (Å²) in [5.74, 6) is 0.180. The van der Waals surface area contributed by atoms with Crippen molar-refractivity contribution in [2.75, 3.05) is 23.8 Å². The van der Waals surface area contributed by atoms with Gasteiger partial charge < -0.3 is 25.5 Å². The number of hydrogen-bond acceptors (Lipinski definition) is 6. The maximum absolute atomic E-state index is 12.9. The van der Waals surface area contributed by atoms with Gasteiger partial charge in [-0.1, -0.05) is 58.7 Å². The number of nitrogens with one attached hydrogen (secondary N) is 2. The van der Waals surface area contributed by atoms with Crippen molar-refractivity contribution in [1.29, 1.82) is 0 Å². The largest absolute Gasteiger partial charge is 0.487 e. The normalized spacial score (nSPS) is 11.3. The number of aryl methyl sites for hydroxylation is 1. The highest BCUT2D eigenvalue weighted by Gasteiger charge is 2.19. The fourth-order valence-electron chi connectivity index (χ4n) is 3.92. The molecule has 1 heterocycles. The second-order valence-electron chi connectivity index (χ2n) is 8.95. The SMILES string of the molecule is CC(=NO)c1cccc(NC(=O)NCC(=O)N(C)c2ccc(Cl)c(COc3cccc4ccc(C)nc34)c2Cl)c1. The molecule has 4 rings (SSSR count). The number of anilines is 2. The Labute approximate surface area is 241 Å². The maximum Gasteiger partial charge on any atom is 0.319 e. The summed E-state index contributed by atoms with van der Waals surface area (Å²) in [5, 5.41) is 18.9. The Morgan fingerprint density at radius 2 is 1.85 bits per heavy atom. The number of likely N-dealkylation sites (N-methyl/N-ethyl adjacent to an activating group) is 1. The van der Waals surface area contributed by atoms with Gasteiger partial charge in [-0.2, -0.15) is 0 Å². The molecule has 0 aliphatic heterocycles. The van der Waals surface area contributed by atoms with E-state index < -0.39 is 11.9 Å². The van der Waals surface area contributed by atoms with Crippen LogP contribution in [0.15, 0.2) is 71.9 Å². The zero-order chi connectivity index (χ0) is 28.8. The number of amides is 3. The zero-order valence-corrected chi connectivity index (χ0v) is 23.5. The molecule has 3 N–H and O–H groups in total. The van der Waals surface area contributed by atoms with Crippen molar-refractivity contribution in [3.8, 4) is 5.75 Å². The third kappa shape index (κ3) is 6.62. The minimum Gasteiger partial charge on any atom is -0.487 e. The number of fused-ring (bicyclic) bond motifs is 1. The first kappa shape index (κ1) is 28.7. The molecular formula is C29H27Cl2N5O4. The number of rotatable bonds is 8. The number of para-hydroxylation sites is 1. The second kappa shape index (κ2) is 12.7. The predicted octanol–water partition coefficient (Wildman–Crippen LogP) is 6.41. The Morgan fingerprint density at radius 1 is 1.07 bits per heavy atom. The Bertz CT molecular complexity index is 1610. The van der Waals surface area contributed by atoms with E-state index in [2.05, 4.69) is 20.8 Å². The van der Waals surface area contributed by atoms with E-state index in [4.69, 9.17) is 33.1 Å². The molecule has 4 aromatic rings. The van der Waals surface area contributed by atoms with Gasteiger partial charge in [-0.25, -0.2) is 9.78 Å². The second-order valence-corrected chi connectivity index (χ2v) is 9.74. The van der Waals surface area contributed by atoms with E-state index in [-0.39, 0.29) is 18.2 Å². The van der Waals surface area contributed by atoms with Gasteiger partial charge in [0.05, 0.1) is 23.0 Å². The molecule has 3 amide bonds. The number of oxime groups is 1. The summed E-state index contributed by atoms with van der Waals surface area (Å²) in [7, 11) is 1.56. The molecule has 11 heteroatoms. The number of ether oxygens (including phenoxy) is 1. The molecule has 0 aliphatic rings. The van der Waals surface area contributed by atoms with Gasteiger partial charge in [-0.05, 0) is 50.2 Å². The number of hydrogen-bond donors (Lipinski definition) is 3. The third-order valence-electron chi connectivity index (χ3n) is 6.18. The van der Waals surface area contributed by atoms with Crippen LogP contribution in [-0.4, -0.2) is 41.4 Å². The molecule has 206 valence electrons. The molecule has 0 fully saturated rings. The average Bonchev–Trinajstić information content (AvgIpc) is 2.95. The van der Waals surface area contributed by atoms with Crippen LogP contribution in [-0.2, 0) is 11.4 Å². The van der Waals surface area contributed by atoms with Crippen molar-refractivity contribution >= 4 is 63.1 Å². The molecule has 40 heavy (non-hydrogen) atoms. The van der Waals surface area contributed by atoms with E-state index in [1.807, 2.05) is 37.3 Å². The van der Waals surface area contributed by atoms with Crippen LogP contribution in [0.5, 0.6) is 5.75 Å². The van der Waals surface area contributed by atoms with Crippen molar-refractivity contribution in [2.45, 2.75) is 20.5 Å². The van der Waals surface area contributed by atoms with E-state index in [9.17, 15) is 9.59 Å². The summed E-state index contributed by atoms with van der Waals surface area (Å²) in [4.78, 5) is 31.2. The van der Waals surface area contributed by atoms with Gasteiger partial charge in [-0.15, -0.1) is 0 Å². The summed E-state index contributed by atoms with van der Waals surface area (Å²) < 4.78 is 6.06. The number of aromatic nitrogens is 1. The third-order valence-corrected chi connectivity index (χ3v) is 6.96. The first-order valence-electron chi connectivity index (χ1n) is 12.2. The lowest BCUT2D eigenvalue weighted by molar-refractivity contribution is -0.117. The van der Waals surface area contributed by atoms with E-state index in [1.54, 1.807) is 50.4 Å². The summed E-state index contributed by atoms with van der Waals surface area (Å²) in [6, 6.07) is 19.0. The van der Waals surface area contributed by atoms with Crippen LogP contribution in [0.1, 0.15) is 23.7 Å². The van der Waals surface area contributed by atoms with Gasteiger partial charge in [0.15, 0.2) is 0 Å². The highest BCUT2D eigenvalue weighted by molar-refractivity contribution is 6.38. The Hall–Kier alpha value is -4.34. The highest BCUT2D eigenvalue weighted by Crippen LogP contribution is 2.35. The van der Waals surface area contributed by atoms with Crippen LogP contribution in [0.25, 0.3) is 10.9 Å². The van der Waals surface area contributed by atoms with Gasteiger partial charge in [0, 0.05) is 40.0 Å². The molecule has 0 bridgehead atoms. The lowest BCUT2D eigenvalue weighted by Crippen LogP contribution is -2.40. The van der Waals surface area contributed by atoms with Crippen LogP contribution >= 0.6 is 23.2 Å². The van der Waals surface area contributed by atoms with Crippen LogP contribution < -0.4 is 20.3 Å². The maximum atomic E-state index is 12.9. The minimum absolute atomic E-state index is 0.0580. The topological polar surface area (TPSA) is 116 Å². The number of nitrogens with zero attached hydrogens (tertiary/aromatic N) is 3. The van der Waals surface area contributed by atoms with Gasteiger partial charge in [0.25, 0.3) is 0 Å². The van der Waals surface area contributed by atoms with Gasteiger partial charge in [-0.3, -0.25) is 4.79 Å². The van der Waals surface area contributed by atoms with Crippen molar-refractivity contribution in [1.82, 2.24) is 10.3 Å². The lowest BCUT2D eigenvalue weighted by Gasteiger charge is -2.21. The molecule has 1 aromatic heterocycles. The smallest absolute Gasteiger partial charge is 0.319 e. The van der Waals surface area contributed by atoms with Crippen LogP contribution in [0.2, 0.25) is 10.0 Å².